The third-order valence-electron chi connectivity index (χ3n) is 11.7. The number of nitrogens with zero attached hydrogens (tertiary/aromatic N) is 6. The van der Waals surface area contributed by atoms with Crippen molar-refractivity contribution in [1.29, 1.82) is 0 Å². The molecule has 2 aliphatic rings. The minimum atomic E-state index is 0.730. The molecule has 0 saturated carbocycles. The number of nitrogens with one attached hydrogen (secondary N) is 6. The maximum atomic E-state index is 5.48. The molecule has 0 radical (unpaired) electrons. The number of fused-ring (bicyclic) bond motifs is 8. The van der Waals surface area contributed by atoms with Crippen molar-refractivity contribution in [3.8, 4) is 45.0 Å². The number of halogens is 4. The minimum Gasteiger partial charge on any atom is -0.354 e. The van der Waals surface area contributed by atoms with Gasteiger partial charge in [-0.05, 0) is 138 Å². The summed E-state index contributed by atoms with van der Waals surface area (Å²) in [6.07, 6.45) is 20.1. The van der Waals surface area contributed by atoms with Crippen molar-refractivity contribution < 1.29 is 0 Å². The second-order valence-electron chi connectivity index (χ2n) is 16.3. The van der Waals surface area contributed by atoms with E-state index in [-0.39, 0.29) is 0 Å². The van der Waals surface area contributed by atoms with Crippen LogP contribution in [-0.4, -0.2) is 59.8 Å². The van der Waals surface area contributed by atoms with Gasteiger partial charge in [0.25, 0.3) is 0 Å². The van der Waals surface area contributed by atoms with Gasteiger partial charge in [0.1, 0.15) is 41.7 Å². The molecule has 12 nitrogen and oxygen atoms in total. The molecule has 2 aliphatic heterocycles. The third kappa shape index (κ3) is 8.87. The molecule has 9 heterocycles. The van der Waals surface area contributed by atoms with Gasteiger partial charge in [0.05, 0.1) is 89.9 Å². The lowest BCUT2D eigenvalue weighted by atomic mass is 10.1. The Labute approximate surface area is 405 Å². The fraction of sp³-hybridized carbons (Fsp3) is 0.333. The summed E-state index contributed by atoms with van der Waals surface area (Å²) in [4.78, 5) is 53.1. The van der Waals surface area contributed by atoms with Crippen LogP contribution in [-0.2, 0) is 25.7 Å². The minimum absolute atomic E-state index is 0.730. The van der Waals surface area contributed by atoms with Gasteiger partial charge >= 0.3 is 0 Å². The number of aromatic amines is 6. The molecule has 8 bridgehead atoms. The molecule has 0 spiro atoms. The van der Waals surface area contributed by atoms with E-state index in [2.05, 4.69) is 170 Å². The second kappa shape index (κ2) is 19.4. The Kier molecular flexibility index (Phi) is 13.5. The molecule has 0 amide bonds. The zero-order valence-corrected chi connectivity index (χ0v) is 42.6. The topological polar surface area (TPSA) is 172 Å². The van der Waals surface area contributed by atoms with Crippen LogP contribution >= 0.6 is 63.7 Å². The van der Waals surface area contributed by atoms with Gasteiger partial charge in [0, 0.05) is 25.7 Å². The molecule has 0 fully saturated rings. The van der Waals surface area contributed by atoms with Crippen LogP contribution in [0, 0.1) is 0 Å². The van der Waals surface area contributed by atoms with E-state index in [0.29, 0.717) is 0 Å². The van der Waals surface area contributed by atoms with Crippen LogP contribution in [0.3, 0.4) is 0 Å². The lowest BCUT2D eigenvalue weighted by Gasteiger charge is -2.05. The van der Waals surface area contributed by atoms with Crippen molar-refractivity contribution in [3.63, 3.8) is 0 Å². The first-order valence-corrected chi connectivity index (χ1v) is 25.5. The Hall–Kier alpha value is -4.64. The summed E-state index contributed by atoms with van der Waals surface area (Å²) in [6, 6.07) is 8.47. The zero-order valence-electron chi connectivity index (χ0n) is 36.3. The molecule has 16 heteroatoms. The van der Waals surface area contributed by atoms with Gasteiger partial charge in [-0.2, -0.15) is 0 Å². The van der Waals surface area contributed by atoms with E-state index in [9.17, 15) is 0 Å². The normalized spacial score (nSPS) is 12.4. The van der Waals surface area contributed by atoms with Crippen LogP contribution in [0.4, 0.5) is 0 Å². The van der Waals surface area contributed by atoms with Crippen LogP contribution in [0.2, 0.25) is 0 Å². The quantitative estimate of drug-likeness (QED) is 0.0562. The molecule has 0 saturated heterocycles. The smallest absolute Gasteiger partial charge is 0.132 e. The van der Waals surface area contributed by atoms with Crippen molar-refractivity contribution in [1.82, 2.24) is 59.8 Å². The van der Waals surface area contributed by atoms with Gasteiger partial charge in [-0.1, -0.05) is 53.4 Å². The van der Waals surface area contributed by atoms with Gasteiger partial charge in [-0.3, -0.25) is 0 Å². The average Bonchev–Trinajstić information content (AvgIpc) is 4.15. The number of imidazole rings is 4. The molecular formula is C48H50Br4N12. The van der Waals surface area contributed by atoms with Crippen LogP contribution in [0.5, 0.6) is 0 Å². The predicted octanol–water partition coefficient (Wildman–Crippen LogP) is 14.6. The Morgan fingerprint density at radius 1 is 0.344 bits per heavy atom. The highest BCUT2D eigenvalue weighted by atomic mass is 79.9. The van der Waals surface area contributed by atoms with E-state index in [4.69, 9.17) is 29.9 Å². The van der Waals surface area contributed by atoms with E-state index >= 15 is 0 Å². The largest absolute Gasteiger partial charge is 0.354 e. The first kappa shape index (κ1) is 44.6. The van der Waals surface area contributed by atoms with Crippen LogP contribution in [0.25, 0.3) is 91.4 Å². The molecule has 64 heavy (non-hydrogen) atoms. The molecule has 7 aromatic rings. The van der Waals surface area contributed by atoms with Gasteiger partial charge in [-0.25, -0.2) is 29.9 Å². The number of aromatic nitrogens is 12. The number of hydrogen-bond donors (Lipinski definition) is 6. The number of H-pyrrole nitrogens is 6. The summed E-state index contributed by atoms with van der Waals surface area (Å²) in [5.41, 5.74) is 13.5. The van der Waals surface area contributed by atoms with Crippen LogP contribution in [0.15, 0.2) is 42.7 Å². The lowest BCUT2D eigenvalue weighted by molar-refractivity contribution is 0.762. The van der Waals surface area contributed by atoms with Crippen molar-refractivity contribution in [2.45, 2.75) is 105 Å². The maximum Gasteiger partial charge on any atom is 0.132 e. The molecule has 9 rings (SSSR count). The molecule has 330 valence electrons. The standard InChI is InChI=1S/C48H50Br4N12/c1-5-9-13-33-57-41(45(49)61-33)37-25-17-19-27(53-25)38(42-46(50)62-34(58-42)14-10-6-2)29-21-23-31(55-29)40(44-48(52)64-36(60-44)16-12-8-4)32-24-22-30(56-32)39(28-20-18-26(37)54-28)43-47(51)63-35(59-43)15-11-7-3/h17-24,53,56H,5-16H2,1-4H3,(H,57,61)(H,58,62)(H,59,63)(H,60,64). The third-order valence-corrected chi connectivity index (χ3v) is 14.0. The van der Waals surface area contributed by atoms with E-state index in [0.717, 1.165) is 209 Å². The highest BCUT2D eigenvalue weighted by Crippen LogP contribution is 2.41. The number of aryl methyl sites for hydroxylation is 4. The molecule has 0 aromatic carbocycles. The number of unbranched alkanes of at least 4 members (excludes halogenated alkanes) is 4. The van der Waals surface area contributed by atoms with E-state index in [1.165, 1.54) is 0 Å². The van der Waals surface area contributed by atoms with E-state index in [1.807, 2.05) is 0 Å². The first-order valence-electron chi connectivity index (χ1n) is 22.3. The summed E-state index contributed by atoms with van der Waals surface area (Å²) >= 11 is 15.4. The predicted molar refractivity (Wildman–Crippen MR) is 274 cm³/mol. The lowest BCUT2D eigenvalue weighted by Crippen LogP contribution is -1.92. The van der Waals surface area contributed by atoms with Crippen molar-refractivity contribution in [2.75, 3.05) is 0 Å². The monoisotopic (exact) mass is 1110 g/mol. The maximum absolute atomic E-state index is 5.48. The summed E-state index contributed by atoms with van der Waals surface area (Å²) < 4.78 is 2.92. The molecule has 0 aliphatic carbocycles. The van der Waals surface area contributed by atoms with Crippen molar-refractivity contribution >= 4 is 110 Å². The molecule has 6 N–H and O–H groups in total. The Bertz CT molecular complexity index is 2680. The Balaban J connectivity index is 1.42. The summed E-state index contributed by atoms with van der Waals surface area (Å²) in [5.74, 6) is 3.68. The Morgan fingerprint density at radius 3 is 0.797 bits per heavy atom. The van der Waals surface area contributed by atoms with Gasteiger partial charge in [-0.15, -0.1) is 0 Å². The highest BCUT2D eigenvalue weighted by molar-refractivity contribution is 9.11. The van der Waals surface area contributed by atoms with Crippen molar-refractivity contribution in [2.24, 2.45) is 0 Å². The van der Waals surface area contributed by atoms with Gasteiger partial charge in [0.15, 0.2) is 0 Å². The first-order chi connectivity index (χ1) is 31.2. The number of rotatable bonds is 16. The molecule has 0 atom stereocenters. The summed E-state index contributed by atoms with van der Waals surface area (Å²) in [5, 5.41) is 0. The van der Waals surface area contributed by atoms with Crippen LogP contribution in [0.1, 0.15) is 125 Å². The second-order valence-corrected chi connectivity index (χ2v) is 19.3. The van der Waals surface area contributed by atoms with Gasteiger partial charge < -0.3 is 29.9 Å². The van der Waals surface area contributed by atoms with Crippen LogP contribution < -0.4 is 0 Å². The molecule has 0 unspecified atom stereocenters. The van der Waals surface area contributed by atoms with E-state index < -0.39 is 0 Å². The molecule has 7 aromatic heterocycles. The fourth-order valence-corrected chi connectivity index (χ4v) is 10.4. The highest BCUT2D eigenvalue weighted by Gasteiger charge is 2.25. The van der Waals surface area contributed by atoms with Gasteiger partial charge in [0.2, 0.25) is 0 Å². The SMILES string of the molecule is CCCCc1nc(Br)c(-c2c3nc(c(-c4[nH]c(CCCC)nc4Br)c4ccc([nH]4)c(-c4[nH]c(CCCC)nc4Br)c4nc(c(-c5[nH]c(CCCC)nc5Br)c5ccc2[nH]5)C=C4)C=C3)[nH]1. The summed E-state index contributed by atoms with van der Waals surface area (Å²) in [6.45, 7) is 8.78. The number of hydrogen-bond acceptors (Lipinski definition) is 6. The zero-order chi connectivity index (χ0) is 44.5. The van der Waals surface area contributed by atoms with E-state index in [1.54, 1.807) is 0 Å². The average molecular weight is 1110 g/mol. The van der Waals surface area contributed by atoms with Crippen molar-refractivity contribution in [3.05, 3.63) is 88.8 Å². The summed E-state index contributed by atoms with van der Waals surface area (Å²) in [7, 11) is 0. The Morgan fingerprint density at radius 2 is 0.578 bits per heavy atom. The molecular weight excluding hydrogens is 1060 g/mol. The fourth-order valence-electron chi connectivity index (χ4n) is 8.36.